The van der Waals surface area contributed by atoms with E-state index >= 15 is 0 Å². The average Bonchev–Trinajstić information content (AvgIpc) is 2.27. The van der Waals surface area contributed by atoms with Gasteiger partial charge in [0.05, 0.1) is 11.5 Å². The summed E-state index contributed by atoms with van der Waals surface area (Å²) in [6.07, 6.45) is 6.03. The first-order chi connectivity index (χ1) is 6.76. The standard InChI is InChI=1S/C12H22N2/c1-3-14(4-2)11-12(10-13)8-6-5-7-9-12/h3-9,11H2,1-2H3. The smallest absolute Gasteiger partial charge is 0.0703 e. The van der Waals surface area contributed by atoms with Crippen molar-refractivity contribution in [2.45, 2.75) is 46.0 Å². The van der Waals surface area contributed by atoms with E-state index in [4.69, 9.17) is 0 Å². The van der Waals surface area contributed by atoms with Gasteiger partial charge in [-0.2, -0.15) is 5.26 Å². The second kappa shape index (κ2) is 5.36. The van der Waals surface area contributed by atoms with Crippen molar-refractivity contribution >= 4 is 0 Å². The lowest BCUT2D eigenvalue weighted by Crippen LogP contribution is -2.38. The van der Waals surface area contributed by atoms with Gasteiger partial charge < -0.3 is 4.90 Å². The van der Waals surface area contributed by atoms with Gasteiger partial charge in [-0.1, -0.05) is 33.1 Å². The molecule has 0 unspecified atom stereocenters. The first-order valence-corrected chi connectivity index (χ1v) is 5.90. The highest BCUT2D eigenvalue weighted by Gasteiger charge is 2.33. The third-order valence-electron chi connectivity index (χ3n) is 3.47. The third-order valence-corrected chi connectivity index (χ3v) is 3.47. The lowest BCUT2D eigenvalue weighted by molar-refractivity contribution is 0.162. The number of rotatable bonds is 4. The second-order valence-electron chi connectivity index (χ2n) is 4.41. The molecule has 1 aliphatic rings. The molecular formula is C12H22N2. The van der Waals surface area contributed by atoms with Crippen molar-refractivity contribution in [3.63, 3.8) is 0 Å². The molecule has 1 saturated carbocycles. The fraction of sp³-hybridized carbons (Fsp3) is 0.917. The molecule has 1 fully saturated rings. The Kier molecular flexibility index (Phi) is 4.41. The van der Waals surface area contributed by atoms with E-state index in [2.05, 4.69) is 24.8 Å². The maximum Gasteiger partial charge on any atom is 0.0703 e. The van der Waals surface area contributed by atoms with E-state index < -0.39 is 0 Å². The number of hydrogen-bond donors (Lipinski definition) is 0. The summed E-state index contributed by atoms with van der Waals surface area (Å²) in [4.78, 5) is 2.38. The van der Waals surface area contributed by atoms with E-state index in [1.807, 2.05) is 0 Å². The summed E-state index contributed by atoms with van der Waals surface area (Å²) in [5.74, 6) is 0. The predicted molar refractivity (Wildman–Crippen MR) is 58.9 cm³/mol. The molecule has 2 heteroatoms. The minimum absolute atomic E-state index is 0.0235. The van der Waals surface area contributed by atoms with Crippen LogP contribution in [-0.4, -0.2) is 24.5 Å². The molecule has 0 aliphatic heterocycles. The van der Waals surface area contributed by atoms with Crippen LogP contribution in [0.1, 0.15) is 46.0 Å². The average molecular weight is 194 g/mol. The minimum atomic E-state index is -0.0235. The van der Waals surface area contributed by atoms with Gasteiger partial charge in [-0.25, -0.2) is 0 Å². The van der Waals surface area contributed by atoms with Crippen LogP contribution >= 0.6 is 0 Å². The van der Waals surface area contributed by atoms with Crippen LogP contribution in [0.15, 0.2) is 0 Å². The molecule has 0 bridgehead atoms. The van der Waals surface area contributed by atoms with Crippen LogP contribution in [0, 0.1) is 16.7 Å². The molecule has 1 rings (SSSR count). The van der Waals surface area contributed by atoms with Crippen molar-refractivity contribution in [2.75, 3.05) is 19.6 Å². The summed E-state index contributed by atoms with van der Waals surface area (Å²) in [6.45, 7) is 7.48. The molecule has 1 aliphatic carbocycles. The Morgan fingerprint density at radius 2 is 1.71 bits per heavy atom. The topological polar surface area (TPSA) is 27.0 Å². The zero-order valence-electron chi connectivity index (χ0n) is 9.55. The molecule has 0 aromatic carbocycles. The van der Waals surface area contributed by atoms with Crippen molar-refractivity contribution in [1.29, 1.82) is 5.26 Å². The SMILES string of the molecule is CCN(CC)CC1(C#N)CCCCC1. The van der Waals surface area contributed by atoms with Crippen LogP contribution < -0.4 is 0 Å². The number of hydrogen-bond acceptors (Lipinski definition) is 2. The van der Waals surface area contributed by atoms with Gasteiger partial charge >= 0.3 is 0 Å². The first-order valence-electron chi connectivity index (χ1n) is 5.90. The van der Waals surface area contributed by atoms with E-state index in [0.717, 1.165) is 32.5 Å². The third kappa shape index (κ3) is 2.72. The summed E-state index contributed by atoms with van der Waals surface area (Å²) in [5.41, 5.74) is -0.0235. The fourth-order valence-electron chi connectivity index (χ4n) is 2.41. The Morgan fingerprint density at radius 3 is 2.14 bits per heavy atom. The Bertz CT molecular complexity index is 195. The molecule has 0 atom stereocenters. The lowest BCUT2D eigenvalue weighted by atomic mass is 9.75. The van der Waals surface area contributed by atoms with Crippen LogP contribution in [0.5, 0.6) is 0 Å². The van der Waals surface area contributed by atoms with Gasteiger partial charge in [-0.15, -0.1) is 0 Å². The summed E-state index contributed by atoms with van der Waals surface area (Å²) in [6, 6.07) is 2.57. The van der Waals surface area contributed by atoms with Gasteiger partial charge in [0.1, 0.15) is 0 Å². The highest BCUT2D eigenvalue weighted by Crippen LogP contribution is 2.36. The van der Waals surface area contributed by atoms with Gasteiger partial charge in [0, 0.05) is 6.54 Å². The molecule has 0 amide bonds. The molecular weight excluding hydrogens is 172 g/mol. The molecule has 0 aromatic rings. The van der Waals surface area contributed by atoms with E-state index in [1.165, 1.54) is 19.3 Å². The van der Waals surface area contributed by atoms with E-state index in [1.54, 1.807) is 0 Å². The Labute approximate surface area is 87.9 Å². The van der Waals surface area contributed by atoms with Crippen molar-refractivity contribution in [1.82, 2.24) is 4.90 Å². The van der Waals surface area contributed by atoms with E-state index in [-0.39, 0.29) is 5.41 Å². The summed E-state index contributed by atoms with van der Waals surface area (Å²) in [5, 5.41) is 9.30. The van der Waals surface area contributed by atoms with E-state index in [9.17, 15) is 5.26 Å². The minimum Gasteiger partial charge on any atom is -0.302 e. The highest BCUT2D eigenvalue weighted by atomic mass is 15.1. The summed E-state index contributed by atoms with van der Waals surface area (Å²) < 4.78 is 0. The van der Waals surface area contributed by atoms with Crippen molar-refractivity contribution in [2.24, 2.45) is 5.41 Å². The molecule has 0 radical (unpaired) electrons. The van der Waals surface area contributed by atoms with Gasteiger partial charge in [-0.3, -0.25) is 0 Å². The van der Waals surface area contributed by atoms with Gasteiger partial charge in [0.15, 0.2) is 0 Å². The molecule has 0 N–H and O–H groups in total. The van der Waals surface area contributed by atoms with Crippen LogP contribution in [-0.2, 0) is 0 Å². The summed E-state index contributed by atoms with van der Waals surface area (Å²) in [7, 11) is 0. The summed E-state index contributed by atoms with van der Waals surface area (Å²) >= 11 is 0. The molecule has 14 heavy (non-hydrogen) atoms. The second-order valence-corrected chi connectivity index (χ2v) is 4.41. The zero-order valence-corrected chi connectivity index (χ0v) is 9.55. The van der Waals surface area contributed by atoms with Gasteiger partial charge in [0.25, 0.3) is 0 Å². The molecule has 0 aromatic heterocycles. The maximum atomic E-state index is 9.30. The van der Waals surface area contributed by atoms with E-state index in [0.29, 0.717) is 0 Å². The number of nitriles is 1. The quantitative estimate of drug-likeness (QED) is 0.688. The van der Waals surface area contributed by atoms with Crippen LogP contribution in [0.25, 0.3) is 0 Å². The highest BCUT2D eigenvalue weighted by molar-refractivity contribution is 5.02. The van der Waals surface area contributed by atoms with Crippen molar-refractivity contribution in [3.05, 3.63) is 0 Å². The number of nitrogens with zero attached hydrogens (tertiary/aromatic N) is 2. The molecule has 0 saturated heterocycles. The van der Waals surface area contributed by atoms with Crippen molar-refractivity contribution < 1.29 is 0 Å². The maximum absolute atomic E-state index is 9.30. The lowest BCUT2D eigenvalue weighted by Gasteiger charge is -2.35. The Balaban J connectivity index is 2.56. The molecule has 0 heterocycles. The molecule has 0 spiro atoms. The van der Waals surface area contributed by atoms with Crippen LogP contribution in [0.4, 0.5) is 0 Å². The largest absolute Gasteiger partial charge is 0.302 e. The van der Waals surface area contributed by atoms with Gasteiger partial charge in [-0.05, 0) is 25.9 Å². The Hall–Kier alpha value is -0.550. The normalized spacial score (nSPS) is 20.7. The monoisotopic (exact) mass is 194 g/mol. The van der Waals surface area contributed by atoms with Crippen LogP contribution in [0.2, 0.25) is 0 Å². The zero-order chi connectivity index (χ0) is 10.4. The van der Waals surface area contributed by atoms with Gasteiger partial charge in [0.2, 0.25) is 0 Å². The molecule has 80 valence electrons. The Morgan fingerprint density at radius 1 is 1.14 bits per heavy atom. The van der Waals surface area contributed by atoms with Crippen molar-refractivity contribution in [3.8, 4) is 6.07 Å². The first kappa shape index (κ1) is 11.5. The molecule has 2 nitrogen and oxygen atoms in total. The predicted octanol–water partition coefficient (Wildman–Crippen LogP) is 2.80. The fourth-order valence-corrected chi connectivity index (χ4v) is 2.41. The van der Waals surface area contributed by atoms with Crippen LogP contribution in [0.3, 0.4) is 0 Å².